The van der Waals surface area contributed by atoms with Crippen LogP contribution in [0.1, 0.15) is 17.0 Å². The fraction of sp³-hybridized carbons (Fsp3) is 0.176. The van der Waals surface area contributed by atoms with Crippen LogP contribution in [0.5, 0.6) is 0 Å². The number of nitrogens with zero attached hydrogens (tertiary/aromatic N) is 2. The fourth-order valence-electron chi connectivity index (χ4n) is 2.35. The van der Waals surface area contributed by atoms with Gasteiger partial charge in [-0.3, -0.25) is 4.79 Å². The molecule has 4 heteroatoms. The second kappa shape index (κ2) is 5.79. The fourth-order valence-corrected chi connectivity index (χ4v) is 2.35. The number of imidazole rings is 1. The number of nitrogens with one attached hydrogen (secondary N) is 1. The van der Waals surface area contributed by atoms with Gasteiger partial charge in [0.05, 0.1) is 24.7 Å². The largest absolute Gasteiger partial charge is 0.349 e. The van der Waals surface area contributed by atoms with Crippen LogP contribution in [-0.2, 0) is 17.8 Å². The monoisotopic (exact) mass is 279 g/mol. The predicted octanol–water partition coefficient (Wildman–Crippen LogP) is 2.50. The third-order valence-corrected chi connectivity index (χ3v) is 3.57. The smallest absolute Gasteiger partial charge is 0.224 e. The zero-order valence-corrected chi connectivity index (χ0v) is 11.9. The highest BCUT2D eigenvalue weighted by atomic mass is 16.1. The van der Waals surface area contributed by atoms with Gasteiger partial charge >= 0.3 is 0 Å². The first-order valence-corrected chi connectivity index (χ1v) is 6.96. The van der Waals surface area contributed by atoms with Gasteiger partial charge in [-0.05, 0) is 30.2 Å². The maximum Gasteiger partial charge on any atom is 0.224 e. The van der Waals surface area contributed by atoms with E-state index in [1.807, 2.05) is 66.2 Å². The normalized spacial score (nSPS) is 10.7. The quantitative estimate of drug-likeness (QED) is 0.797. The van der Waals surface area contributed by atoms with E-state index in [0.29, 0.717) is 13.0 Å². The van der Waals surface area contributed by atoms with Gasteiger partial charge in [0.1, 0.15) is 5.82 Å². The van der Waals surface area contributed by atoms with Gasteiger partial charge < -0.3 is 9.72 Å². The number of rotatable bonds is 4. The molecule has 21 heavy (non-hydrogen) atoms. The van der Waals surface area contributed by atoms with E-state index in [-0.39, 0.29) is 5.91 Å². The summed E-state index contributed by atoms with van der Waals surface area (Å²) in [6.45, 7) is 2.45. The van der Waals surface area contributed by atoms with Crippen LogP contribution in [0.25, 0.3) is 5.52 Å². The van der Waals surface area contributed by atoms with E-state index < -0.39 is 0 Å². The molecule has 0 radical (unpaired) electrons. The summed E-state index contributed by atoms with van der Waals surface area (Å²) in [5, 5.41) is 2.93. The van der Waals surface area contributed by atoms with Gasteiger partial charge in [-0.15, -0.1) is 0 Å². The highest BCUT2D eigenvalue weighted by molar-refractivity contribution is 5.78. The van der Waals surface area contributed by atoms with Crippen molar-refractivity contribution in [1.29, 1.82) is 0 Å². The lowest BCUT2D eigenvalue weighted by Gasteiger charge is -2.07. The minimum absolute atomic E-state index is 0.0111. The summed E-state index contributed by atoms with van der Waals surface area (Å²) in [6.07, 6.45) is 4.16. The summed E-state index contributed by atoms with van der Waals surface area (Å²) in [6, 6.07) is 13.9. The van der Waals surface area contributed by atoms with Crippen molar-refractivity contribution in [2.45, 2.75) is 19.9 Å². The van der Waals surface area contributed by atoms with Crippen molar-refractivity contribution >= 4 is 11.4 Å². The Morgan fingerprint density at radius 3 is 2.86 bits per heavy atom. The molecule has 0 aliphatic carbocycles. The third-order valence-electron chi connectivity index (χ3n) is 3.57. The average molecular weight is 279 g/mol. The number of carbonyl (C=O) groups is 1. The average Bonchev–Trinajstić information content (AvgIpc) is 2.91. The van der Waals surface area contributed by atoms with Crippen LogP contribution in [0.2, 0.25) is 0 Å². The molecule has 0 aliphatic rings. The number of pyridine rings is 1. The first-order valence-electron chi connectivity index (χ1n) is 6.96. The maximum absolute atomic E-state index is 12.0. The molecule has 0 unspecified atom stereocenters. The molecule has 2 heterocycles. The first kappa shape index (κ1) is 13.4. The summed E-state index contributed by atoms with van der Waals surface area (Å²) in [5.41, 5.74) is 3.22. The summed E-state index contributed by atoms with van der Waals surface area (Å²) in [5.74, 6) is 0.848. The number of aromatic nitrogens is 2. The summed E-state index contributed by atoms with van der Waals surface area (Å²) in [4.78, 5) is 16.4. The zero-order valence-electron chi connectivity index (χ0n) is 11.9. The Morgan fingerprint density at radius 2 is 2.00 bits per heavy atom. The van der Waals surface area contributed by atoms with Crippen molar-refractivity contribution < 1.29 is 4.79 Å². The van der Waals surface area contributed by atoms with Gasteiger partial charge in [0.15, 0.2) is 0 Å². The molecule has 2 aromatic heterocycles. The molecule has 1 aromatic carbocycles. The van der Waals surface area contributed by atoms with E-state index >= 15 is 0 Å². The minimum atomic E-state index is 0.0111. The number of aryl methyl sites for hydroxylation is 1. The number of amides is 1. The van der Waals surface area contributed by atoms with E-state index in [0.717, 1.165) is 22.5 Å². The molecule has 0 aliphatic heterocycles. The summed E-state index contributed by atoms with van der Waals surface area (Å²) >= 11 is 0. The van der Waals surface area contributed by atoms with E-state index in [9.17, 15) is 4.79 Å². The molecular formula is C17H17N3O. The first-order chi connectivity index (χ1) is 10.2. The second-order valence-corrected chi connectivity index (χ2v) is 5.05. The van der Waals surface area contributed by atoms with Crippen molar-refractivity contribution in [1.82, 2.24) is 14.7 Å². The second-order valence-electron chi connectivity index (χ2n) is 5.05. The Hall–Kier alpha value is -2.62. The Morgan fingerprint density at radius 1 is 1.19 bits per heavy atom. The molecule has 0 bridgehead atoms. The van der Waals surface area contributed by atoms with Crippen LogP contribution in [0.4, 0.5) is 0 Å². The molecule has 106 valence electrons. The van der Waals surface area contributed by atoms with E-state index in [2.05, 4.69) is 10.3 Å². The molecule has 0 fully saturated rings. The van der Waals surface area contributed by atoms with E-state index in [4.69, 9.17) is 0 Å². The van der Waals surface area contributed by atoms with Gasteiger partial charge in [-0.25, -0.2) is 4.98 Å². The van der Waals surface area contributed by atoms with Crippen molar-refractivity contribution in [3.8, 4) is 0 Å². The van der Waals surface area contributed by atoms with Crippen LogP contribution in [0, 0.1) is 6.92 Å². The molecule has 1 N–H and O–H groups in total. The SMILES string of the molecule is Cc1ccccc1CC(=O)NCc1ncc2ccccn12. The van der Waals surface area contributed by atoms with Gasteiger partial charge in [-0.1, -0.05) is 30.3 Å². The topological polar surface area (TPSA) is 46.4 Å². The van der Waals surface area contributed by atoms with Gasteiger partial charge in [0.2, 0.25) is 5.91 Å². The number of benzene rings is 1. The summed E-state index contributed by atoms with van der Waals surface area (Å²) in [7, 11) is 0. The molecule has 0 spiro atoms. The minimum Gasteiger partial charge on any atom is -0.349 e. The van der Waals surface area contributed by atoms with Gasteiger partial charge in [0.25, 0.3) is 0 Å². The van der Waals surface area contributed by atoms with Crippen LogP contribution >= 0.6 is 0 Å². The molecule has 4 nitrogen and oxygen atoms in total. The molecular weight excluding hydrogens is 262 g/mol. The molecule has 1 amide bonds. The van der Waals surface area contributed by atoms with Crippen molar-refractivity contribution in [3.05, 3.63) is 71.8 Å². The number of hydrogen-bond donors (Lipinski definition) is 1. The van der Waals surface area contributed by atoms with Gasteiger partial charge in [0, 0.05) is 6.20 Å². The van der Waals surface area contributed by atoms with Crippen LogP contribution < -0.4 is 5.32 Å². The van der Waals surface area contributed by atoms with E-state index in [1.54, 1.807) is 0 Å². The Bertz CT molecular complexity index is 776. The highest BCUT2D eigenvalue weighted by Gasteiger charge is 2.07. The standard InChI is InChI=1S/C17H17N3O/c1-13-6-2-3-7-14(13)10-17(21)19-12-16-18-11-15-8-4-5-9-20(15)16/h2-9,11H,10,12H2,1H3,(H,19,21). The molecule has 0 saturated carbocycles. The molecule has 3 aromatic rings. The Kier molecular flexibility index (Phi) is 3.69. The zero-order chi connectivity index (χ0) is 14.7. The van der Waals surface area contributed by atoms with Crippen molar-refractivity contribution in [2.24, 2.45) is 0 Å². The number of carbonyl (C=O) groups excluding carboxylic acids is 1. The molecule has 3 rings (SSSR count). The lowest BCUT2D eigenvalue weighted by Crippen LogP contribution is -2.25. The number of fused-ring (bicyclic) bond motifs is 1. The van der Waals surface area contributed by atoms with Crippen molar-refractivity contribution in [3.63, 3.8) is 0 Å². The predicted molar refractivity (Wildman–Crippen MR) is 81.9 cm³/mol. The maximum atomic E-state index is 12.0. The van der Waals surface area contributed by atoms with Gasteiger partial charge in [-0.2, -0.15) is 0 Å². The Balaban J connectivity index is 1.65. The lowest BCUT2D eigenvalue weighted by molar-refractivity contribution is -0.120. The van der Waals surface area contributed by atoms with Crippen LogP contribution in [-0.4, -0.2) is 15.3 Å². The number of hydrogen-bond acceptors (Lipinski definition) is 2. The molecule has 0 atom stereocenters. The highest BCUT2D eigenvalue weighted by Crippen LogP contribution is 2.08. The van der Waals surface area contributed by atoms with Crippen LogP contribution in [0.15, 0.2) is 54.9 Å². The van der Waals surface area contributed by atoms with Crippen molar-refractivity contribution in [2.75, 3.05) is 0 Å². The summed E-state index contributed by atoms with van der Waals surface area (Å²) < 4.78 is 1.98. The Labute approximate surface area is 123 Å². The van der Waals surface area contributed by atoms with Crippen LogP contribution in [0.3, 0.4) is 0 Å². The van der Waals surface area contributed by atoms with E-state index in [1.165, 1.54) is 0 Å². The third kappa shape index (κ3) is 2.94. The lowest BCUT2D eigenvalue weighted by atomic mass is 10.1. The molecule has 0 saturated heterocycles.